The average Bonchev–Trinajstić information content (AvgIpc) is 2.38. The molecule has 1 atom stereocenters. The Labute approximate surface area is 122 Å². The summed E-state index contributed by atoms with van der Waals surface area (Å²) < 4.78 is 4.83. The van der Waals surface area contributed by atoms with Crippen LogP contribution in [-0.4, -0.2) is 34.3 Å². The molecule has 3 N–H and O–H groups in total. The summed E-state index contributed by atoms with van der Waals surface area (Å²) in [6.45, 7) is 4.11. The first kappa shape index (κ1) is 16.7. The number of aromatic nitrogens is 2. The van der Waals surface area contributed by atoms with Crippen LogP contribution in [0.2, 0.25) is 0 Å². The lowest BCUT2D eigenvalue weighted by Crippen LogP contribution is -2.32. The van der Waals surface area contributed by atoms with Crippen LogP contribution in [0.5, 0.6) is 0 Å². The largest absolute Gasteiger partial charge is 0.465 e. The molecule has 6 nitrogen and oxygen atoms in total. The third-order valence-electron chi connectivity index (χ3n) is 2.54. The number of thioether (sulfide) groups is 1. The van der Waals surface area contributed by atoms with Crippen molar-refractivity contribution in [3.63, 3.8) is 0 Å². The van der Waals surface area contributed by atoms with Gasteiger partial charge >= 0.3 is 5.97 Å². The van der Waals surface area contributed by atoms with Crippen molar-refractivity contribution >= 4 is 17.7 Å². The summed E-state index contributed by atoms with van der Waals surface area (Å²) in [6.07, 6.45) is 2.19. The molecule has 0 aliphatic rings. The van der Waals surface area contributed by atoms with Crippen LogP contribution in [0.15, 0.2) is 16.0 Å². The summed E-state index contributed by atoms with van der Waals surface area (Å²) in [7, 11) is 0. The van der Waals surface area contributed by atoms with Crippen molar-refractivity contribution in [3.05, 3.63) is 22.1 Å². The normalized spacial score (nSPS) is 12.2. The average molecular weight is 299 g/mol. The topological polar surface area (TPSA) is 98.1 Å². The van der Waals surface area contributed by atoms with Gasteiger partial charge in [0.2, 0.25) is 0 Å². The van der Waals surface area contributed by atoms with E-state index < -0.39 is 12.0 Å². The maximum absolute atomic E-state index is 11.5. The van der Waals surface area contributed by atoms with E-state index in [4.69, 9.17) is 10.5 Å². The predicted molar refractivity (Wildman–Crippen MR) is 78.8 cm³/mol. The van der Waals surface area contributed by atoms with Gasteiger partial charge in [-0.2, -0.15) is 0 Å². The van der Waals surface area contributed by atoms with Crippen molar-refractivity contribution in [1.29, 1.82) is 0 Å². The summed E-state index contributed by atoms with van der Waals surface area (Å²) >= 11 is 1.38. The number of ether oxygens (including phenoxy) is 1. The maximum Gasteiger partial charge on any atom is 0.322 e. The number of nitrogens with two attached hydrogens (primary N) is 1. The molecule has 0 aromatic carbocycles. The quantitative estimate of drug-likeness (QED) is 0.424. The van der Waals surface area contributed by atoms with Gasteiger partial charge in [0.1, 0.15) is 6.04 Å². The van der Waals surface area contributed by atoms with Crippen LogP contribution >= 0.6 is 11.8 Å². The lowest BCUT2D eigenvalue weighted by molar-refractivity contribution is -0.144. The number of esters is 1. The number of aryl methyl sites for hydroxylation is 1. The van der Waals surface area contributed by atoms with Crippen LogP contribution in [0.4, 0.5) is 0 Å². The molecule has 0 amide bonds. The Bertz CT molecular complexity index is 490. The van der Waals surface area contributed by atoms with Crippen molar-refractivity contribution in [2.75, 3.05) is 12.4 Å². The van der Waals surface area contributed by atoms with Gasteiger partial charge in [-0.25, -0.2) is 4.98 Å². The highest BCUT2D eigenvalue weighted by Gasteiger charge is 2.14. The van der Waals surface area contributed by atoms with Gasteiger partial charge in [-0.3, -0.25) is 9.59 Å². The van der Waals surface area contributed by atoms with Gasteiger partial charge in [-0.15, -0.1) is 0 Å². The van der Waals surface area contributed by atoms with Crippen molar-refractivity contribution in [1.82, 2.24) is 9.97 Å². The molecule has 20 heavy (non-hydrogen) atoms. The third-order valence-corrected chi connectivity index (χ3v) is 3.44. The Morgan fingerprint density at radius 3 is 2.95 bits per heavy atom. The summed E-state index contributed by atoms with van der Waals surface area (Å²) in [5, 5.41) is 0.567. The van der Waals surface area contributed by atoms with Crippen LogP contribution in [0.25, 0.3) is 0 Å². The number of hydrogen-bond donors (Lipinski definition) is 2. The van der Waals surface area contributed by atoms with Crippen molar-refractivity contribution in [2.24, 2.45) is 5.73 Å². The van der Waals surface area contributed by atoms with E-state index in [9.17, 15) is 9.59 Å². The van der Waals surface area contributed by atoms with Crippen LogP contribution in [-0.2, 0) is 16.0 Å². The first-order valence-electron chi connectivity index (χ1n) is 6.72. The zero-order valence-electron chi connectivity index (χ0n) is 11.8. The number of nitrogens with zero attached hydrogens (tertiary/aromatic N) is 1. The molecular formula is C13H21N3O3S. The first-order valence-corrected chi connectivity index (χ1v) is 7.70. The smallest absolute Gasteiger partial charge is 0.322 e. The highest BCUT2D eigenvalue weighted by molar-refractivity contribution is 7.99. The summed E-state index contributed by atoms with van der Waals surface area (Å²) in [6, 6.07) is 0.880. The Morgan fingerprint density at radius 1 is 1.55 bits per heavy atom. The number of carbonyl (C=O) groups excluding carboxylic acids is 1. The van der Waals surface area contributed by atoms with Crippen molar-refractivity contribution in [3.8, 4) is 0 Å². The molecular weight excluding hydrogens is 278 g/mol. The molecule has 0 aliphatic heterocycles. The number of hydrogen-bond acceptors (Lipinski definition) is 6. The van der Waals surface area contributed by atoms with Crippen LogP contribution in [0.1, 0.15) is 32.4 Å². The Balaban J connectivity index is 2.49. The number of rotatable bonds is 8. The van der Waals surface area contributed by atoms with E-state index in [2.05, 4.69) is 9.97 Å². The second-order valence-corrected chi connectivity index (χ2v) is 5.37. The van der Waals surface area contributed by atoms with E-state index in [-0.39, 0.29) is 5.56 Å². The molecule has 1 heterocycles. The van der Waals surface area contributed by atoms with Gasteiger partial charge < -0.3 is 15.5 Å². The van der Waals surface area contributed by atoms with E-state index in [0.717, 1.165) is 18.5 Å². The Morgan fingerprint density at radius 2 is 2.30 bits per heavy atom. The summed E-state index contributed by atoms with van der Waals surface area (Å²) in [5.41, 5.74) is 6.33. The fourth-order valence-corrected chi connectivity index (χ4v) is 2.51. The molecule has 7 heteroatoms. The van der Waals surface area contributed by atoms with E-state index in [1.165, 1.54) is 17.8 Å². The van der Waals surface area contributed by atoms with Gasteiger partial charge in [0.25, 0.3) is 5.56 Å². The molecule has 0 spiro atoms. The van der Waals surface area contributed by atoms with Gasteiger partial charge in [-0.1, -0.05) is 25.1 Å². The Kier molecular flexibility index (Phi) is 7.32. The second-order valence-electron chi connectivity index (χ2n) is 4.29. The van der Waals surface area contributed by atoms with Gasteiger partial charge in [0.15, 0.2) is 5.16 Å². The lowest BCUT2D eigenvalue weighted by Gasteiger charge is -2.09. The second kappa shape index (κ2) is 8.76. The van der Waals surface area contributed by atoms with E-state index in [0.29, 0.717) is 23.9 Å². The number of carbonyl (C=O) groups is 1. The predicted octanol–water partition coefficient (Wildman–Crippen LogP) is 1.09. The third kappa shape index (κ3) is 5.75. The van der Waals surface area contributed by atoms with E-state index in [1.54, 1.807) is 6.92 Å². The molecule has 0 aliphatic carbocycles. The highest BCUT2D eigenvalue weighted by atomic mass is 32.2. The lowest BCUT2D eigenvalue weighted by atomic mass is 10.2. The van der Waals surface area contributed by atoms with Crippen LogP contribution < -0.4 is 11.3 Å². The molecule has 1 unspecified atom stereocenters. The molecule has 0 saturated carbocycles. The number of H-pyrrole nitrogens is 1. The molecule has 0 radical (unpaired) electrons. The van der Waals surface area contributed by atoms with Gasteiger partial charge in [0, 0.05) is 17.5 Å². The van der Waals surface area contributed by atoms with Crippen molar-refractivity contribution in [2.45, 2.75) is 44.3 Å². The minimum Gasteiger partial charge on any atom is -0.465 e. The highest BCUT2D eigenvalue weighted by Crippen LogP contribution is 2.14. The first-order chi connectivity index (χ1) is 9.56. The number of aromatic amines is 1. The summed E-state index contributed by atoms with van der Waals surface area (Å²) in [5.74, 6) is 0.202. The zero-order chi connectivity index (χ0) is 15.0. The summed E-state index contributed by atoms with van der Waals surface area (Å²) in [4.78, 5) is 29.8. The van der Waals surface area contributed by atoms with Crippen LogP contribution in [0, 0.1) is 0 Å². The van der Waals surface area contributed by atoms with E-state index in [1.807, 2.05) is 6.92 Å². The van der Waals surface area contributed by atoms with E-state index >= 15 is 0 Å². The molecule has 1 aromatic rings. The number of nitrogens with one attached hydrogen (secondary N) is 1. The standard InChI is InChI=1S/C13H21N3O3S/c1-3-5-9-8-11(17)16-13(15-9)20-7-6-10(14)12(18)19-4-2/h8,10H,3-7,14H2,1-2H3,(H,15,16,17). The molecule has 1 aromatic heterocycles. The maximum atomic E-state index is 11.5. The zero-order valence-corrected chi connectivity index (χ0v) is 12.7. The Hall–Kier alpha value is -1.34. The SMILES string of the molecule is CCCc1cc(=O)[nH]c(SCCC(N)C(=O)OCC)n1. The van der Waals surface area contributed by atoms with Crippen molar-refractivity contribution < 1.29 is 9.53 Å². The molecule has 0 bridgehead atoms. The minimum absolute atomic E-state index is 0.152. The fourth-order valence-electron chi connectivity index (χ4n) is 1.59. The molecule has 0 fully saturated rings. The molecule has 112 valence electrons. The van der Waals surface area contributed by atoms with Gasteiger partial charge in [0.05, 0.1) is 6.61 Å². The fraction of sp³-hybridized carbons (Fsp3) is 0.615. The van der Waals surface area contributed by atoms with Gasteiger partial charge in [-0.05, 0) is 19.8 Å². The molecule has 0 saturated heterocycles. The molecule has 1 rings (SSSR count). The monoisotopic (exact) mass is 299 g/mol. The minimum atomic E-state index is -0.631. The van der Waals surface area contributed by atoms with Crippen LogP contribution in [0.3, 0.4) is 0 Å².